The molecule has 2 N–H and O–H groups in total. The molecule has 3 nitrogen and oxygen atoms in total. The molecule has 0 saturated carbocycles. The second kappa shape index (κ2) is 9.51. The molecule has 0 saturated heterocycles. The number of benzene rings is 1. The van der Waals surface area contributed by atoms with E-state index in [0.717, 1.165) is 19.4 Å². The van der Waals surface area contributed by atoms with Crippen molar-refractivity contribution in [3.8, 4) is 12.3 Å². The normalized spacial score (nSPS) is 12.1. The fourth-order valence-corrected chi connectivity index (χ4v) is 1.56. The number of aliphatic hydroxyl groups is 1. The van der Waals surface area contributed by atoms with Crippen molar-refractivity contribution in [1.82, 2.24) is 5.32 Å². The molecule has 1 atom stereocenters. The second-order valence-corrected chi connectivity index (χ2v) is 4.27. The van der Waals surface area contributed by atoms with Crippen LogP contribution in [0.4, 0.5) is 4.39 Å². The van der Waals surface area contributed by atoms with E-state index < -0.39 is 6.10 Å². The van der Waals surface area contributed by atoms with Gasteiger partial charge in [-0.05, 0) is 19.0 Å². The lowest BCUT2D eigenvalue weighted by Crippen LogP contribution is -2.31. The molecule has 0 aliphatic rings. The molecule has 0 radical (unpaired) electrons. The first-order valence-corrected chi connectivity index (χ1v) is 6.37. The molecular formula is C15H20FNO2. The van der Waals surface area contributed by atoms with E-state index in [1.54, 1.807) is 18.2 Å². The van der Waals surface area contributed by atoms with Crippen molar-refractivity contribution in [1.29, 1.82) is 0 Å². The highest BCUT2D eigenvalue weighted by Crippen LogP contribution is 2.07. The van der Waals surface area contributed by atoms with Gasteiger partial charge in [0.05, 0.1) is 19.3 Å². The van der Waals surface area contributed by atoms with Crippen LogP contribution in [0.5, 0.6) is 0 Å². The van der Waals surface area contributed by atoms with Crippen LogP contribution in [0, 0.1) is 18.2 Å². The van der Waals surface area contributed by atoms with Crippen molar-refractivity contribution in [3.63, 3.8) is 0 Å². The first-order valence-electron chi connectivity index (χ1n) is 6.37. The Balaban J connectivity index is 2.09. The predicted molar refractivity (Wildman–Crippen MR) is 73.0 cm³/mol. The van der Waals surface area contributed by atoms with Crippen LogP contribution >= 0.6 is 0 Å². The number of terminal acetylenes is 1. The summed E-state index contributed by atoms with van der Waals surface area (Å²) in [7, 11) is 0. The number of ether oxygens (including phenoxy) is 1. The molecule has 4 heteroatoms. The quantitative estimate of drug-likeness (QED) is 0.527. The summed E-state index contributed by atoms with van der Waals surface area (Å²) in [6.45, 7) is 1.56. The third-order valence-electron chi connectivity index (χ3n) is 2.58. The fourth-order valence-electron chi connectivity index (χ4n) is 1.56. The van der Waals surface area contributed by atoms with Gasteiger partial charge in [0.25, 0.3) is 0 Å². The molecule has 1 aromatic carbocycles. The Hall–Kier alpha value is -1.41. The molecular weight excluding hydrogens is 245 g/mol. The minimum Gasteiger partial charge on any atom is -0.389 e. The molecule has 0 spiro atoms. The summed E-state index contributed by atoms with van der Waals surface area (Å²) in [6.07, 6.45) is 6.14. The zero-order valence-electron chi connectivity index (χ0n) is 10.9. The molecule has 1 aromatic rings. The van der Waals surface area contributed by atoms with Gasteiger partial charge in [0.15, 0.2) is 0 Å². The van der Waals surface area contributed by atoms with Crippen molar-refractivity contribution >= 4 is 0 Å². The number of halogens is 1. The van der Waals surface area contributed by atoms with Crippen LogP contribution in [0.15, 0.2) is 24.3 Å². The van der Waals surface area contributed by atoms with Crippen LogP contribution in [0.3, 0.4) is 0 Å². The minimum absolute atomic E-state index is 0.167. The smallest absolute Gasteiger partial charge is 0.128 e. The van der Waals surface area contributed by atoms with E-state index in [1.807, 2.05) is 0 Å². The first kappa shape index (κ1) is 15.6. The third kappa shape index (κ3) is 6.92. The molecule has 104 valence electrons. The lowest BCUT2D eigenvalue weighted by atomic mass is 10.2. The summed E-state index contributed by atoms with van der Waals surface area (Å²) in [6, 6.07) is 6.45. The Kier molecular flexibility index (Phi) is 7.83. The standard InChI is InChI=1S/C15H20FNO2/c1-2-3-6-9-17-10-14(18)12-19-11-13-7-4-5-8-15(13)16/h1,4-5,7-8,14,17-18H,3,6,9-12H2. The topological polar surface area (TPSA) is 41.5 Å². The summed E-state index contributed by atoms with van der Waals surface area (Å²) in [5.41, 5.74) is 0.497. The van der Waals surface area contributed by atoms with E-state index in [9.17, 15) is 9.50 Å². The van der Waals surface area contributed by atoms with Crippen LogP contribution < -0.4 is 5.32 Å². The van der Waals surface area contributed by atoms with Crippen LogP contribution in [-0.2, 0) is 11.3 Å². The monoisotopic (exact) mass is 265 g/mol. The number of unbranched alkanes of at least 4 members (excludes halogenated alkanes) is 1. The van der Waals surface area contributed by atoms with E-state index in [-0.39, 0.29) is 19.0 Å². The molecule has 0 aliphatic carbocycles. The van der Waals surface area contributed by atoms with Crippen molar-refractivity contribution in [2.24, 2.45) is 0 Å². The molecule has 19 heavy (non-hydrogen) atoms. The molecule has 0 aliphatic heterocycles. The van der Waals surface area contributed by atoms with Crippen molar-refractivity contribution in [2.45, 2.75) is 25.6 Å². The highest BCUT2D eigenvalue weighted by molar-refractivity contribution is 5.16. The maximum atomic E-state index is 13.3. The van der Waals surface area contributed by atoms with E-state index >= 15 is 0 Å². The minimum atomic E-state index is -0.599. The predicted octanol–water partition coefficient (Wildman–Crippen LogP) is 1.71. The van der Waals surface area contributed by atoms with Crippen LogP contribution in [0.25, 0.3) is 0 Å². The van der Waals surface area contributed by atoms with Gasteiger partial charge in [0, 0.05) is 18.5 Å². The van der Waals surface area contributed by atoms with E-state index in [1.165, 1.54) is 6.07 Å². The molecule has 0 amide bonds. The van der Waals surface area contributed by atoms with Crippen molar-refractivity contribution < 1.29 is 14.2 Å². The van der Waals surface area contributed by atoms with Gasteiger partial charge in [0.1, 0.15) is 5.82 Å². The highest BCUT2D eigenvalue weighted by atomic mass is 19.1. The fraction of sp³-hybridized carbons (Fsp3) is 0.467. The number of hydrogen-bond donors (Lipinski definition) is 2. The van der Waals surface area contributed by atoms with Crippen molar-refractivity contribution in [3.05, 3.63) is 35.6 Å². The molecule has 0 fully saturated rings. The maximum Gasteiger partial charge on any atom is 0.128 e. The number of rotatable bonds is 9. The third-order valence-corrected chi connectivity index (χ3v) is 2.58. The van der Waals surface area contributed by atoms with Gasteiger partial charge in [0.2, 0.25) is 0 Å². The number of hydrogen-bond acceptors (Lipinski definition) is 3. The molecule has 0 aromatic heterocycles. The Labute approximate surface area is 113 Å². The van der Waals surface area contributed by atoms with E-state index in [4.69, 9.17) is 11.2 Å². The summed E-state index contributed by atoms with van der Waals surface area (Å²) in [5.74, 6) is 2.26. The number of aliphatic hydroxyl groups excluding tert-OH is 1. The highest BCUT2D eigenvalue weighted by Gasteiger charge is 2.05. The molecule has 1 unspecified atom stereocenters. The van der Waals surface area contributed by atoms with Crippen LogP contribution in [0.2, 0.25) is 0 Å². The SMILES string of the molecule is C#CCCCNCC(O)COCc1ccccc1F. The van der Waals surface area contributed by atoms with Gasteiger partial charge in [-0.25, -0.2) is 4.39 Å². The van der Waals surface area contributed by atoms with Crippen LogP contribution in [0.1, 0.15) is 18.4 Å². The van der Waals surface area contributed by atoms with Crippen molar-refractivity contribution in [2.75, 3.05) is 19.7 Å². The first-order chi connectivity index (χ1) is 9.24. The summed E-state index contributed by atoms with van der Waals surface area (Å²) >= 11 is 0. The lowest BCUT2D eigenvalue weighted by Gasteiger charge is -2.12. The second-order valence-electron chi connectivity index (χ2n) is 4.27. The Bertz CT molecular complexity index is 403. The van der Waals surface area contributed by atoms with E-state index in [0.29, 0.717) is 12.1 Å². The van der Waals surface area contributed by atoms with Gasteiger partial charge >= 0.3 is 0 Å². The Morgan fingerprint density at radius 3 is 2.95 bits per heavy atom. The van der Waals surface area contributed by atoms with Gasteiger partial charge in [-0.2, -0.15) is 0 Å². The van der Waals surface area contributed by atoms with Gasteiger partial charge < -0.3 is 15.2 Å². The summed E-state index contributed by atoms with van der Waals surface area (Å²) in [5, 5.41) is 12.7. The zero-order valence-corrected chi connectivity index (χ0v) is 10.9. The summed E-state index contributed by atoms with van der Waals surface area (Å²) < 4.78 is 18.5. The summed E-state index contributed by atoms with van der Waals surface area (Å²) in [4.78, 5) is 0. The average Bonchev–Trinajstić information content (AvgIpc) is 2.41. The zero-order chi connectivity index (χ0) is 13.9. The molecule has 1 rings (SSSR count). The maximum absolute atomic E-state index is 13.3. The Morgan fingerprint density at radius 2 is 2.21 bits per heavy atom. The lowest BCUT2D eigenvalue weighted by molar-refractivity contribution is 0.0279. The number of nitrogens with one attached hydrogen (secondary N) is 1. The average molecular weight is 265 g/mol. The largest absolute Gasteiger partial charge is 0.389 e. The molecule has 0 heterocycles. The van der Waals surface area contributed by atoms with Gasteiger partial charge in [-0.15, -0.1) is 12.3 Å². The Morgan fingerprint density at radius 1 is 1.42 bits per heavy atom. The van der Waals surface area contributed by atoms with Gasteiger partial charge in [-0.1, -0.05) is 18.2 Å². The molecule has 0 bridgehead atoms. The van der Waals surface area contributed by atoms with E-state index in [2.05, 4.69) is 11.2 Å². The van der Waals surface area contributed by atoms with Gasteiger partial charge in [-0.3, -0.25) is 0 Å². The van der Waals surface area contributed by atoms with Crippen LogP contribution in [-0.4, -0.2) is 30.9 Å².